The van der Waals surface area contributed by atoms with Gasteiger partial charge in [-0.15, -0.1) is 0 Å². The highest BCUT2D eigenvalue weighted by atomic mass is 14.7. The van der Waals surface area contributed by atoms with Gasteiger partial charge in [-0.2, -0.15) is 0 Å². The quantitative estimate of drug-likeness (QED) is 0.463. The van der Waals surface area contributed by atoms with Crippen molar-refractivity contribution >= 4 is 11.4 Å². The largest absolute Gasteiger partial charge is 0.250 e. The average molecular weight is 308 g/mol. The van der Waals surface area contributed by atoms with Crippen molar-refractivity contribution in [3.05, 3.63) is 94.6 Å². The van der Waals surface area contributed by atoms with Gasteiger partial charge in [0, 0.05) is 0 Å². The van der Waals surface area contributed by atoms with Gasteiger partial charge in [0.15, 0.2) is 11.4 Å². The van der Waals surface area contributed by atoms with Crippen LogP contribution in [0.3, 0.4) is 0 Å². The first-order valence-electron chi connectivity index (χ1n) is 7.69. The number of rotatable bonds is 2. The molecule has 0 radical (unpaired) electrons. The van der Waals surface area contributed by atoms with Gasteiger partial charge in [-0.25, -0.2) is 0 Å². The summed E-state index contributed by atoms with van der Waals surface area (Å²) in [6.07, 6.45) is 0. The van der Waals surface area contributed by atoms with Crippen LogP contribution in [-0.4, -0.2) is 0 Å². The molecule has 3 aromatic carbocycles. The van der Waals surface area contributed by atoms with Gasteiger partial charge < -0.3 is 0 Å². The van der Waals surface area contributed by atoms with E-state index in [1.165, 1.54) is 11.1 Å². The Balaban J connectivity index is 2.29. The maximum absolute atomic E-state index is 7.37. The molecule has 0 saturated heterocycles. The van der Waals surface area contributed by atoms with Gasteiger partial charge in [0.1, 0.15) is 0 Å². The summed E-state index contributed by atoms with van der Waals surface area (Å²) in [5, 5.41) is 0. The molecule has 0 atom stereocenters. The van der Waals surface area contributed by atoms with Crippen LogP contribution in [0.15, 0.2) is 60.7 Å². The van der Waals surface area contributed by atoms with Gasteiger partial charge in [0.25, 0.3) is 0 Å². The Kier molecular flexibility index (Phi) is 4.15. The van der Waals surface area contributed by atoms with E-state index in [0.29, 0.717) is 11.4 Å². The van der Waals surface area contributed by atoms with Crippen LogP contribution in [0.2, 0.25) is 0 Å². The lowest BCUT2D eigenvalue weighted by Gasteiger charge is -2.13. The number of aryl methyl sites for hydroxylation is 2. The highest BCUT2D eigenvalue weighted by Gasteiger charge is 2.13. The van der Waals surface area contributed by atoms with Crippen molar-refractivity contribution in [1.29, 1.82) is 0 Å². The van der Waals surface area contributed by atoms with Crippen molar-refractivity contribution in [3.63, 3.8) is 0 Å². The van der Waals surface area contributed by atoms with Gasteiger partial charge >= 0.3 is 0 Å². The van der Waals surface area contributed by atoms with Crippen LogP contribution in [0.4, 0.5) is 11.4 Å². The smallest absolute Gasteiger partial charge is 0.195 e. The molecule has 0 aliphatic carbocycles. The van der Waals surface area contributed by atoms with Crippen LogP contribution >= 0.6 is 0 Å². The van der Waals surface area contributed by atoms with E-state index in [-0.39, 0.29) is 0 Å². The molecule has 0 bridgehead atoms. The van der Waals surface area contributed by atoms with E-state index in [4.69, 9.17) is 13.1 Å². The molecule has 3 aromatic rings. The van der Waals surface area contributed by atoms with Crippen molar-refractivity contribution in [2.45, 2.75) is 13.8 Å². The van der Waals surface area contributed by atoms with Crippen LogP contribution < -0.4 is 0 Å². The molecule has 0 aromatic heterocycles. The number of nitrogens with zero attached hydrogens (tertiary/aromatic N) is 2. The SMILES string of the molecule is [C-]#[N+]c1cc(-c2ccc(C)cc2)c(-c2ccc(C)cc2)cc1[N+]#[C-]. The third kappa shape index (κ3) is 2.91. The zero-order valence-corrected chi connectivity index (χ0v) is 13.7. The first-order valence-corrected chi connectivity index (χ1v) is 7.69. The molecule has 0 aliphatic heterocycles. The monoisotopic (exact) mass is 308 g/mol. The lowest BCUT2D eigenvalue weighted by Crippen LogP contribution is -1.86. The summed E-state index contributed by atoms with van der Waals surface area (Å²) < 4.78 is 0. The van der Waals surface area contributed by atoms with Crippen LogP contribution in [0.5, 0.6) is 0 Å². The minimum absolute atomic E-state index is 0.399. The first-order chi connectivity index (χ1) is 11.6. The second-order valence-corrected chi connectivity index (χ2v) is 5.84. The zero-order chi connectivity index (χ0) is 17.1. The molecular formula is C22H16N2. The second kappa shape index (κ2) is 6.41. The summed E-state index contributed by atoms with van der Waals surface area (Å²) in [5.74, 6) is 0. The fourth-order valence-electron chi connectivity index (χ4n) is 2.70. The zero-order valence-electron chi connectivity index (χ0n) is 13.7. The highest BCUT2D eigenvalue weighted by Crippen LogP contribution is 2.41. The topological polar surface area (TPSA) is 8.72 Å². The lowest BCUT2D eigenvalue weighted by atomic mass is 9.92. The van der Waals surface area contributed by atoms with Crippen molar-refractivity contribution in [2.24, 2.45) is 0 Å². The van der Waals surface area contributed by atoms with E-state index in [9.17, 15) is 0 Å². The molecule has 0 aliphatic rings. The van der Waals surface area contributed by atoms with E-state index in [2.05, 4.69) is 72.1 Å². The predicted molar refractivity (Wildman–Crippen MR) is 99.3 cm³/mol. The minimum atomic E-state index is 0.399. The molecular weight excluding hydrogens is 292 g/mol. The van der Waals surface area contributed by atoms with Crippen molar-refractivity contribution in [3.8, 4) is 22.3 Å². The van der Waals surface area contributed by atoms with Crippen LogP contribution in [0, 0.1) is 27.0 Å². The molecule has 0 fully saturated rings. The Bertz CT molecular complexity index is 884. The Labute approximate surface area is 142 Å². The van der Waals surface area contributed by atoms with Gasteiger partial charge in [0.05, 0.1) is 13.1 Å². The summed E-state index contributed by atoms with van der Waals surface area (Å²) in [7, 11) is 0. The number of hydrogen-bond donors (Lipinski definition) is 0. The van der Waals surface area contributed by atoms with Gasteiger partial charge in [-0.05, 0) is 36.1 Å². The summed E-state index contributed by atoms with van der Waals surface area (Å²) in [6, 6.07) is 20.2. The molecule has 0 unspecified atom stereocenters. The lowest BCUT2D eigenvalue weighted by molar-refractivity contribution is 1.46. The van der Waals surface area contributed by atoms with Crippen molar-refractivity contribution in [1.82, 2.24) is 0 Å². The highest BCUT2D eigenvalue weighted by molar-refractivity contribution is 5.91. The van der Waals surface area contributed by atoms with Crippen LogP contribution in [0.1, 0.15) is 11.1 Å². The van der Waals surface area contributed by atoms with E-state index in [1.807, 2.05) is 12.1 Å². The molecule has 114 valence electrons. The fourth-order valence-corrected chi connectivity index (χ4v) is 2.70. The van der Waals surface area contributed by atoms with E-state index in [0.717, 1.165) is 22.3 Å². The molecule has 0 spiro atoms. The average Bonchev–Trinajstić information content (AvgIpc) is 2.62. The maximum atomic E-state index is 7.37. The summed E-state index contributed by atoms with van der Waals surface area (Å²) >= 11 is 0. The molecule has 0 heterocycles. The Morgan fingerprint density at radius 3 is 1.21 bits per heavy atom. The minimum Gasteiger partial charge on any atom is -0.250 e. The molecule has 2 heteroatoms. The molecule has 0 amide bonds. The Hall–Kier alpha value is -3.36. The molecule has 3 rings (SSSR count). The number of benzene rings is 3. The maximum Gasteiger partial charge on any atom is 0.195 e. The van der Waals surface area contributed by atoms with Gasteiger partial charge in [0.2, 0.25) is 0 Å². The molecule has 2 nitrogen and oxygen atoms in total. The predicted octanol–water partition coefficient (Wildman–Crippen LogP) is 6.74. The standard InChI is InChI=1S/C22H16N2/c1-15-5-9-17(10-6-15)19-13-21(23-3)22(24-4)14-20(19)18-11-7-16(2)8-12-18/h5-14H,1-2H3. The van der Waals surface area contributed by atoms with Crippen molar-refractivity contribution in [2.75, 3.05) is 0 Å². The van der Waals surface area contributed by atoms with E-state index < -0.39 is 0 Å². The summed E-state index contributed by atoms with van der Waals surface area (Å²) in [6.45, 7) is 18.8. The Morgan fingerprint density at radius 2 is 0.917 bits per heavy atom. The van der Waals surface area contributed by atoms with Gasteiger partial charge in [-0.3, -0.25) is 9.69 Å². The number of hydrogen-bond acceptors (Lipinski definition) is 0. The van der Waals surface area contributed by atoms with Crippen LogP contribution in [-0.2, 0) is 0 Å². The van der Waals surface area contributed by atoms with Crippen LogP contribution in [0.25, 0.3) is 31.9 Å². The molecule has 0 saturated carbocycles. The third-order valence-electron chi connectivity index (χ3n) is 4.08. The summed E-state index contributed by atoms with van der Waals surface area (Å²) in [5.41, 5.74) is 7.26. The molecule has 0 N–H and O–H groups in total. The third-order valence-corrected chi connectivity index (χ3v) is 4.08. The normalized spacial score (nSPS) is 10.0. The van der Waals surface area contributed by atoms with E-state index in [1.54, 1.807) is 0 Å². The molecule has 24 heavy (non-hydrogen) atoms. The Morgan fingerprint density at radius 1 is 0.583 bits per heavy atom. The van der Waals surface area contributed by atoms with Gasteiger partial charge in [-0.1, -0.05) is 71.8 Å². The first kappa shape index (κ1) is 15.5. The fraction of sp³-hybridized carbons (Fsp3) is 0.0909. The summed E-state index contributed by atoms with van der Waals surface area (Å²) in [4.78, 5) is 7.06. The van der Waals surface area contributed by atoms with Crippen molar-refractivity contribution < 1.29 is 0 Å². The second-order valence-electron chi connectivity index (χ2n) is 5.84. The van der Waals surface area contributed by atoms with E-state index >= 15 is 0 Å².